The zero-order valence-electron chi connectivity index (χ0n) is 13.6. The predicted molar refractivity (Wildman–Crippen MR) is 87.9 cm³/mol. The topological polar surface area (TPSA) is 124 Å². The molecule has 2 rings (SSSR count). The quantitative estimate of drug-likeness (QED) is 0.467. The van der Waals surface area contributed by atoms with Gasteiger partial charge in [-0.25, -0.2) is 0 Å². The smallest absolute Gasteiger partial charge is 0.313 e. The third-order valence-corrected chi connectivity index (χ3v) is 3.40. The van der Waals surface area contributed by atoms with Gasteiger partial charge < -0.3 is 19.8 Å². The summed E-state index contributed by atoms with van der Waals surface area (Å²) in [7, 11) is 1.44. The summed E-state index contributed by atoms with van der Waals surface area (Å²) in [6, 6.07) is 7.63. The number of carbonyl (C=O) groups is 2. The van der Waals surface area contributed by atoms with Crippen molar-refractivity contribution in [3.8, 4) is 0 Å². The highest BCUT2D eigenvalue weighted by Gasteiger charge is 2.22. The lowest BCUT2D eigenvalue weighted by atomic mass is 10.2. The number of carbonyl (C=O) groups excluding carboxylic acids is 2. The van der Waals surface area contributed by atoms with Gasteiger partial charge in [-0.3, -0.25) is 19.7 Å². The summed E-state index contributed by atoms with van der Waals surface area (Å²) in [5.41, 5.74) is 0.326. The molecule has 0 fully saturated rings. The first-order valence-corrected chi connectivity index (χ1v) is 7.32. The number of anilines is 1. The standard InChI is InChI=1S/C16H17N3O6/c1-10-5-6-11(12(8-10)19(22)23)18-16(21)15(20)17-9-14(24-2)13-4-3-7-25-13/h3-8,14H,9H2,1-2H3,(H,17,20)(H,18,21). The molecule has 2 N–H and O–H groups in total. The minimum atomic E-state index is -1.01. The van der Waals surface area contributed by atoms with Gasteiger partial charge in [-0.1, -0.05) is 6.07 Å². The van der Waals surface area contributed by atoms with Crippen LogP contribution in [-0.2, 0) is 14.3 Å². The number of nitro groups is 1. The van der Waals surface area contributed by atoms with Crippen molar-refractivity contribution in [1.29, 1.82) is 0 Å². The average molecular weight is 347 g/mol. The second-order valence-electron chi connectivity index (χ2n) is 5.18. The Hall–Kier alpha value is -3.20. The van der Waals surface area contributed by atoms with Crippen LogP contribution < -0.4 is 10.6 Å². The van der Waals surface area contributed by atoms with Crippen LogP contribution in [0.5, 0.6) is 0 Å². The maximum absolute atomic E-state index is 11.9. The van der Waals surface area contributed by atoms with Gasteiger partial charge in [-0.05, 0) is 30.7 Å². The minimum Gasteiger partial charge on any atom is -0.467 e. The Kier molecular flexibility index (Phi) is 5.85. The Labute approximate surface area is 143 Å². The monoisotopic (exact) mass is 347 g/mol. The van der Waals surface area contributed by atoms with Crippen molar-refractivity contribution >= 4 is 23.2 Å². The van der Waals surface area contributed by atoms with Crippen LogP contribution in [0.3, 0.4) is 0 Å². The molecule has 1 aromatic carbocycles. The fourth-order valence-electron chi connectivity index (χ4n) is 2.12. The number of aryl methyl sites for hydroxylation is 1. The first-order chi connectivity index (χ1) is 11.9. The van der Waals surface area contributed by atoms with Crippen LogP contribution in [0.2, 0.25) is 0 Å². The van der Waals surface area contributed by atoms with Gasteiger partial charge in [-0.15, -0.1) is 0 Å². The first kappa shape index (κ1) is 18.1. The molecule has 0 saturated heterocycles. The van der Waals surface area contributed by atoms with Crippen molar-refractivity contribution in [3.05, 3.63) is 58.0 Å². The highest BCUT2D eigenvalue weighted by atomic mass is 16.6. The maximum atomic E-state index is 11.9. The zero-order chi connectivity index (χ0) is 18.4. The Bertz CT molecular complexity index is 772. The largest absolute Gasteiger partial charge is 0.467 e. The molecule has 0 bridgehead atoms. The van der Waals surface area contributed by atoms with Crippen molar-refractivity contribution in [2.45, 2.75) is 13.0 Å². The van der Waals surface area contributed by atoms with Crippen LogP contribution in [0.4, 0.5) is 11.4 Å². The molecule has 0 aliphatic carbocycles. The molecule has 1 heterocycles. The lowest BCUT2D eigenvalue weighted by Gasteiger charge is -2.13. The second-order valence-corrected chi connectivity index (χ2v) is 5.18. The molecular formula is C16H17N3O6. The number of nitro benzene ring substituents is 1. The Morgan fingerprint density at radius 3 is 2.68 bits per heavy atom. The van der Waals surface area contributed by atoms with Gasteiger partial charge in [0.15, 0.2) is 0 Å². The summed E-state index contributed by atoms with van der Waals surface area (Å²) in [4.78, 5) is 34.3. The van der Waals surface area contributed by atoms with Gasteiger partial charge in [0.25, 0.3) is 5.69 Å². The van der Waals surface area contributed by atoms with Crippen molar-refractivity contribution in [1.82, 2.24) is 5.32 Å². The second kappa shape index (κ2) is 8.06. The number of methoxy groups -OCH3 is 1. The number of benzene rings is 1. The molecule has 2 amide bonds. The van der Waals surface area contributed by atoms with E-state index in [2.05, 4.69) is 10.6 Å². The van der Waals surface area contributed by atoms with Gasteiger partial charge in [0, 0.05) is 13.2 Å². The first-order valence-electron chi connectivity index (χ1n) is 7.32. The molecule has 9 heteroatoms. The summed E-state index contributed by atoms with van der Waals surface area (Å²) in [6.45, 7) is 1.69. The average Bonchev–Trinajstić information content (AvgIpc) is 3.11. The molecule has 25 heavy (non-hydrogen) atoms. The predicted octanol–water partition coefficient (Wildman–Crippen LogP) is 1.94. The molecular weight excluding hydrogens is 330 g/mol. The van der Waals surface area contributed by atoms with E-state index in [4.69, 9.17) is 9.15 Å². The van der Waals surface area contributed by atoms with Crippen LogP contribution in [0.1, 0.15) is 17.4 Å². The number of hydrogen-bond acceptors (Lipinski definition) is 6. The third-order valence-electron chi connectivity index (χ3n) is 3.40. The van der Waals surface area contributed by atoms with Crippen LogP contribution in [-0.4, -0.2) is 30.4 Å². The fraction of sp³-hybridized carbons (Fsp3) is 0.250. The summed E-state index contributed by atoms with van der Waals surface area (Å²) in [5.74, 6) is -1.46. The van der Waals surface area contributed by atoms with E-state index in [-0.39, 0.29) is 17.9 Å². The summed E-state index contributed by atoms with van der Waals surface area (Å²) in [6.07, 6.45) is 0.910. The maximum Gasteiger partial charge on any atom is 0.313 e. The highest BCUT2D eigenvalue weighted by molar-refractivity contribution is 6.39. The molecule has 0 saturated carbocycles. The molecule has 132 valence electrons. The van der Waals surface area contributed by atoms with Gasteiger partial charge in [0.05, 0.1) is 17.7 Å². The summed E-state index contributed by atoms with van der Waals surface area (Å²) in [5, 5.41) is 15.7. The molecule has 1 unspecified atom stereocenters. The molecule has 0 radical (unpaired) electrons. The van der Waals surface area contributed by atoms with Crippen LogP contribution >= 0.6 is 0 Å². The third kappa shape index (κ3) is 4.64. The molecule has 1 atom stereocenters. The number of ether oxygens (including phenoxy) is 1. The van der Waals surface area contributed by atoms with Gasteiger partial charge in [0.1, 0.15) is 17.6 Å². The molecule has 0 aliphatic heterocycles. The number of amides is 2. The minimum absolute atomic E-state index is 0.00621. The lowest BCUT2D eigenvalue weighted by Crippen LogP contribution is -2.38. The Morgan fingerprint density at radius 2 is 2.08 bits per heavy atom. The normalized spacial score (nSPS) is 11.6. The van der Waals surface area contributed by atoms with Gasteiger partial charge >= 0.3 is 11.8 Å². The van der Waals surface area contributed by atoms with Crippen molar-refractivity contribution in [2.75, 3.05) is 19.0 Å². The molecule has 2 aromatic rings. The van der Waals surface area contributed by atoms with Gasteiger partial charge in [0.2, 0.25) is 0 Å². The van der Waals surface area contributed by atoms with E-state index >= 15 is 0 Å². The zero-order valence-corrected chi connectivity index (χ0v) is 13.6. The van der Waals surface area contributed by atoms with E-state index in [1.807, 2.05) is 0 Å². The van der Waals surface area contributed by atoms with Crippen LogP contribution in [0, 0.1) is 17.0 Å². The number of nitrogens with zero attached hydrogens (tertiary/aromatic N) is 1. The van der Waals surface area contributed by atoms with Crippen molar-refractivity contribution in [2.24, 2.45) is 0 Å². The summed E-state index contributed by atoms with van der Waals surface area (Å²) >= 11 is 0. The van der Waals surface area contributed by atoms with E-state index in [9.17, 15) is 19.7 Å². The Balaban J connectivity index is 1.99. The number of furan rings is 1. The molecule has 0 aliphatic rings. The molecule has 9 nitrogen and oxygen atoms in total. The SMILES string of the molecule is COC(CNC(=O)C(=O)Nc1ccc(C)cc1[N+](=O)[O-])c1ccco1. The van der Waals surface area contributed by atoms with Crippen LogP contribution in [0.25, 0.3) is 0 Å². The van der Waals surface area contributed by atoms with E-state index < -0.39 is 22.8 Å². The molecule has 1 aromatic heterocycles. The molecule has 0 spiro atoms. The van der Waals surface area contributed by atoms with E-state index in [1.165, 1.54) is 25.5 Å². The Morgan fingerprint density at radius 1 is 1.32 bits per heavy atom. The highest BCUT2D eigenvalue weighted by Crippen LogP contribution is 2.25. The van der Waals surface area contributed by atoms with Crippen LogP contribution in [0.15, 0.2) is 41.0 Å². The fourth-order valence-corrected chi connectivity index (χ4v) is 2.12. The lowest BCUT2D eigenvalue weighted by molar-refractivity contribution is -0.384. The van der Waals surface area contributed by atoms with E-state index in [0.717, 1.165) is 0 Å². The number of rotatable bonds is 6. The number of nitrogens with one attached hydrogen (secondary N) is 2. The van der Waals surface area contributed by atoms with E-state index in [1.54, 1.807) is 25.1 Å². The van der Waals surface area contributed by atoms with Gasteiger partial charge in [-0.2, -0.15) is 0 Å². The number of hydrogen-bond donors (Lipinski definition) is 2. The summed E-state index contributed by atoms with van der Waals surface area (Å²) < 4.78 is 10.4. The van der Waals surface area contributed by atoms with Crippen molar-refractivity contribution < 1.29 is 23.7 Å². The van der Waals surface area contributed by atoms with E-state index in [0.29, 0.717) is 11.3 Å². The van der Waals surface area contributed by atoms with Crippen molar-refractivity contribution in [3.63, 3.8) is 0 Å².